The van der Waals surface area contributed by atoms with Crippen LogP contribution in [0.4, 0.5) is 4.39 Å². The summed E-state index contributed by atoms with van der Waals surface area (Å²) in [5, 5.41) is 9.19. The second kappa shape index (κ2) is 7.01. The van der Waals surface area contributed by atoms with Crippen molar-refractivity contribution in [3.8, 4) is 11.8 Å². The molecule has 2 rings (SSSR count). The highest BCUT2D eigenvalue weighted by molar-refractivity contribution is 9.10. The summed E-state index contributed by atoms with van der Waals surface area (Å²) in [6.07, 6.45) is 1.43. The Kier molecular flexibility index (Phi) is 5.08. The van der Waals surface area contributed by atoms with Gasteiger partial charge in [-0.15, -0.1) is 0 Å². The number of carbonyl (C=O) groups excluding carboxylic acids is 1. The van der Waals surface area contributed by atoms with Crippen LogP contribution < -0.4 is 4.74 Å². The molecule has 0 bridgehead atoms. The molecule has 0 heterocycles. The van der Waals surface area contributed by atoms with Crippen molar-refractivity contribution in [2.75, 3.05) is 7.11 Å². The quantitative estimate of drug-likeness (QED) is 0.462. The van der Waals surface area contributed by atoms with Crippen molar-refractivity contribution < 1.29 is 13.9 Å². The van der Waals surface area contributed by atoms with E-state index in [0.29, 0.717) is 16.9 Å². The number of benzene rings is 2. The first-order valence-corrected chi connectivity index (χ1v) is 7.10. The third-order valence-corrected chi connectivity index (χ3v) is 3.58. The maximum absolute atomic E-state index is 13.2. The fraction of sp³-hybridized carbons (Fsp3) is 0.0588. The molecule has 0 spiro atoms. The van der Waals surface area contributed by atoms with Gasteiger partial charge in [-0.3, -0.25) is 4.79 Å². The van der Waals surface area contributed by atoms with Crippen LogP contribution in [0.25, 0.3) is 6.08 Å². The van der Waals surface area contributed by atoms with E-state index in [1.807, 2.05) is 6.07 Å². The number of methoxy groups -OCH3 is 1. The number of Topliss-reactive ketones (excluding diaryl/α,β-unsaturated/α-hetero) is 1. The zero-order valence-corrected chi connectivity index (χ0v) is 13.2. The monoisotopic (exact) mass is 359 g/mol. The average Bonchev–Trinajstić information content (AvgIpc) is 2.55. The van der Waals surface area contributed by atoms with Crippen LogP contribution in [0.2, 0.25) is 0 Å². The SMILES string of the molecule is COc1ccc(C(=O)/C(C#N)=C\c2ccc(F)c(Br)c2)cc1. The van der Waals surface area contributed by atoms with Crippen molar-refractivity contribution >= 4 is 27.8 Å². The molecule has 0 N–H and O–H groups in total. The van der Waals surface area contributed by atoms with E-state index in [-0.39, 0.29) is 10.0 Å². The molecule has 0 amide bonds. The highest BCUT2D eigenvalue weighted by Gasteiger charge is 2.12. The molecular formula is C17H11BrFNO2. The molecule has 0 aliphatic carbocycles. The second-order valence-electron chi connectivity index (χ2n) is 4.40. The molecule has 0 saturated carbocycles. The van der Waals surface area contributed by atoms with Crippen LogP contribution in [0.3, 0.4) is 0 Å². The van der Waals surface area contributed by atoms with E-state index >= 15 is 0 Å². The van der Waals surface area contributed by atoms with Crippen molar-refractivity contribution in [3.05, 3.63) is 69.5 Å². The molecule has 0 aliphatic heterocycles. The Balaban J connectivity index is 2.33. The van der Waals surface area contributed by atoms with E-state index in [2.05, 4.69) is 15.9 Å². The number of hydrogen-bond acceptors (Lipinski definition) is 3. The molecule has 22 heavy (non-hydrogen) atoms. The predicted molar refractivity (Wildman–Crippen MR) is 85.0 cm³/mol. The summed E-state index contributed by atoms with van der Waals surface area (Å²) in [7, 11) is 1.53. The van der Waals surface area contributed by atoms with E-state index in [0.717, 1.165) is 0 Å². The van der Waals surface area contributed by atoms with Gasteiger partial charge in [0.1, 0.15) is 23.2 Å². The molecule has 0 saturated heterocycles. The van der Waals surface area contributed by atoms with Crippen molar-refractivity contribution in [1.82, 2.24) is 0 Å². The lowest BCUT2D eigenvalue weighted by molar-refractivity contribution is 0.104. The van der Waals surface area contributed by atoms with Gasteiger partial charge in [-0.25, -0.2) is 4.39 Å². The smallest absolute Gasteiger partial charge is 0.203 e. The Bertz CT molecular complexity index is 776. The van der Waals surface area contributed by atoms with Gasteiger partial charge in [0.2, 0.25) is 5.78 Å². The molecule has 0 aromatic heterocycles. The van der Waals surface area contributed by atoms with Gasteiger partial charge in [-0.1, -0.05) is 6.07 Å². The van der Waals surface area contributed by atoms with E-state index in [1.165, 1.54) is 31.4 Å². The van der Waals surface area contributed by atoms with Crippen LogP contribution in [-0.2, 0) is 0 Å². The summed E-state index contributed by atoms with van der Waals surface area (Å²) < 4.78 is 18.5. The number of halogens is 2. The largest absolute Gasteiger partial charge is 0.497 e. The van der Waals surface area contributed by atoms with Gasteiger partial charge in [0, 0.05) is 5.56 Å². The Morgan fingerprint density at radius 1 is 1.27 bits per heavy atom. The molecule has 5 heteroatoms. The van der Waals surface area contributed by atoms with Crippen molar-refractivity contribution in [3.63, 3.8) is 0 Å². The highest BCUT2D eigenvalue weighted by Crippen LogP contribution is 2.20. The average molecular weight is 360 g/mol. The number of rotatable bonds is 4. The van der Waals surface area contributed by atoms with Gasteiger partial charge in [0.25, 0.3) is 0 Å². The molecule has 0 aliphatic rings. The summed E-state index contributed by atoms with van der Waals surface area (Å²) >= 11 is 3.07. The molecular weight excluding hydrogens is 349 g/mol. The Morgan fingerprint density at radius 3 is 2.50 bits per heavy atom. The first-order chi connectivity index (χ1) is 10.5. The Labute approximate surface area is 135 Å². The van der Waals surface area contributed by atoms with Gasteiger partial charge >= 0.3 is 0 Å². The lowest BCUT2D eigenvalue weighted by Gasteiger charge is -2.03. The van der Waals surface area contributed by atoms with Gasteiger partial charge in [-0.2, -0.15) is 5.26 Å². The van der Waals surface area contributed by atoms with Gasteiger partial charge in [0.05, 0.1) is 11.6 Å². The van der Waals surface area contributed by atoms with E-state index < -0.39 is 11.6 Å². The molecule has 2 aromatic carbocycles. The topological polar surface area (TPSA) is 50.1 Å². The van der Waals surface area contributed by atoms with Crippen LogP contribution in [0.5, 0.6) is 5.75 Å². The number of nitrogens with zero attached hydrogens (tertiary/aromatic N) is 1. The molecule has 0 radical (unpaired) electrons. The van der Waals surface area contributed by atoms with E-state index in [9.17, 15) is 14.4 Å². The zero-order chi connectivity index (χ0) is 16.1. The summed E-state index contributed by atoms with van der Waals surface area (Å²) in [5.41, 5.74) is 0.921. The standard InChI is InChI=1S/C17H11BrFNO2/c1-22-14-5-3-12(4-6-14)17(21)13(10-20)8-11-2-7-16(19)15(18)9-11/h2-9H,1H3/b13-8-. The lowest BCUT2D eigenvalue weighted by atomic mass is 10.0. The van der Waals surface area contributed by atoms with Crippen LogP contribution in [-0.4, -0.2) is 12.9 Å². The second-order valence-corrected chi connectivity index (χ2v) is 5.26. The number of carbonyl (C=O) groups is 1. The zero-order valence-electron chi connectivity index (χ0n) is 11.6. The summed E-state index contributed by atoms with van der Waals surface area (Å²) in [5.74, 6) is -0.177. The number of allylic oxidation sites excluding steroid dienone is 1. The summed E-state index contributed by atoms with van der Waals surface area (Å²) in [6, 6.07) is 12.6. The normalized spacial score (nSPS) is 10.9. The van der Waals surface area contributed by atoms with Crippen LogP contribution in [0, 0.1) is 17.1 Å². The number of hydrogen-bond donors (Lipinski definition) is 0. The number of ether oxygens (including phenoxy) is 1. The number of ketones is 1. The van der Waals surface area contributed by atoms with Crippen LogP contribution in [0.1, 0.15) is 15.9 Å². The van der Waals surface area contributed by atoms with E-state index in [1.54, 1.807) is 24.3 Å². The fourth-order valence-corrected chi connectivity index (χ4v) is 2.21. The van der Waals surface area contributed by atoms with Gasteiger partial charge in [-0.05, 0) is 64.0 Å². The minimum Gasteiger partial charge on any atom is -0.497 e. The summed E-state index contributed by atoms with van der Waals surface area (Å²) in [4.78, 5) is 12.3. The molecule has 2 aromatic rings. The molecule has 0 atom stereocenters. The highest BCUT2D eigenvalue weighted by atomic mass is 79.9. The van der Waals surface area contributed by atoms with Crippen LogP contribution >= 0.6 is 15.9 Å². The lowest BCUT2D eigenvalue weighted by Crippen LogP contribution is -2.02. The maximum Gasteiger partial charge on any atom is 0.203 e. The van der Waals surface area contributed by atoms with Gasteiger partial charge in [0.15, 0.2) is 0 Å². The first kappa shape index (κ1) is 15.9. The Morgan fingerprint density at radius 2 is 1.95 bits per heavy atom. The third-order valence-electron chi connectivity index (χ3n) is 2.97. The third kappa shape index (κ3) is 3.60. The maximum atomic E-state index is 13.2. The van der Waals surface area contributed by atoms with Crippen molar-refractivity contribution in [2.24, 2.45) is 0 Å². The first-order valence-electron chi connectivity index (χ1n) is 6.30. The molecule has 0 fully saturated rings. The summed E-state index contributed by atoms with van der Waals surface area (Å²) in [6.45, 7) is 0. The minimum absolute atomic E-state index is 0.0244. The van der Waals surface area contributed by atoms with Crippen molar-refractivity contribution in [2.45, 2.75) is 0 Å². The fourth-order valence-electron chi connectivity index (χ4n) is 1.82. The minimum atomic E-state index is -0.405. The molecule has 110 valence electrons. The van der Waals surface area contributed by atoms with E-state index in [4.69, 9.17) is 4.74 Å². The Hall–Kier alpha value is -2.45. The van der Waals surface area contributed by atoms with Crippen molar-refractivity contribution in [1.29, 1.82) is 5.26 Å². The van der Waals surface area contributed by atoms with Crippen LogP contribution in [0.15, 0.2) is 52.5 Å². The predicted octanol–water partition coefficient (Wildman–Crippen LogP) is 4.39. The molecule has 3 nitrogen and oxygen atoms in total. The molecule has 0 unspecified atom stereocenters. The van der Waals surface area contributed by atoms with Gasteiger partial charge < -0.3 is 4.74 Å². The number of nitriles is 1.